The maximum absolute atomic E-state index is 5.70. The molecule has 1 fully saturated rings. The van der Waals surface area contributed by atoms with E-state index >= 15 is 0 Å². The summed E-state index contributed by atoms with van der Waals surface area (Å²) in [5, 5.41) is 0. The quantitative estimate of drug-likeness (QED) is 0.887. The lowest BCUT2D eigenvalue weighted by molar-refractivity contribution is 0.137. The van der Waals surface area contributed by atoms with Crippen LogP contribution in [0.1, 0.15) is 36.6 Å². The van der Waals surface area contributed by atoms with E-state index in [0.29, 0.717) is 12.0 Å². The summed E-state index contributed by atoms with van der Waals surface area (Å²) in [5.41, 5.74) is 8.21. The number of anilines is 1. The van der Waals surface area contributed by atoms with Gasteiger partial charge in [-0.1, -0.05) is 36.8 Å². The van der Waals surface area contributed by atoms with Gasteiger partial charge in [0.15, 0.2) is 5.95 Å². The van der Waals surface area contributed by atoms with E-state index in [4.69, 9.17) is 5.73 Å². The van der Waals surface area contributed by atoms with Crippen LogP contribution in [0.4, 0.5) is 5.95 Å². The zero-order chi connectivity index (χ0) is 13.1. The fourth-order valence-corrected chi connectivity index (χ4v) is 2.87. The van der Waals surface area contributed by atoms with Crippen molar-refractivity contribution in [1.29, 1.82) is 0 Å². The highest BCUT2D eigenvalue weighted by Gasteiger charge is 2.25. The first-order valence-corrected chi connectivity index (χ1v) is 6.91. The molecule has 2 aromatic rings. The number of nitrogens with two attached hydrogens (primary N) is 1. The number of aromatic nitrogens is 2. The van der Waals surface area contributed by atoms with Gasteiger partial charge >= 0.3 is 0 Å². The highest BCUT2D eigenvalue weighted by molar-refractivity contribution is 5.21. The number of benzene rings is 1. The maximum atomic E-state index is 5.70. The number of hydrogen-bond acceptors (Lipinski definition) is 3. The lowest BCUT2D eigenvalue weighted by atomic mass is 9.99. The van der Waals surface area contributed by atoms with Crippen LogP contribution in [0.5, 0.6) is 0 Å². The van der Waals surface area contributed by atoms with Gasteiger partial charge in [-0.2, -0.15) is 0 Å². The molecule has 0 spiro atoms. The van der Waals surface area contributed by atoms with Gasteiger partial charge in [-0.05, 0) is 24.9 Å². The summed E-state index contributed by atoms with van der Waals surface area (Å²) in [4.78, 5) is 9.83. The number of aromatic amines is 1. The lowest BCUT2D eigenvalue weighted by Crippen LogP contribution is -2.33. The van der Waals surface area contributed by atoms with E-state index in [1.54, 1.807) is 0 Å². The summed E-state index contributed by atoms with van der Waals surface area (Å²) in [6.45, 7) is 2.13. The van der Waals surface area contributed by atoms with Gasteiger partial charge in [0.2, 0.25) is 0 Å². The molecule has 100 valence electrons. The Bertz CT molecular complexity index is 520. The summed E-state index contributed by atoms with van der Waals surface area (Å²) >= 11 is 0. The minimum absolute atomic E-state index is 0.416. The van der Waals surface area contributed by atoms with Crippen molar-refractivity contribution in [3.05, 3.63) is 47.8 Å². The molecule has 19 heavy (non-hydrogen) atoms. The van der Waals surface area contributed by atoms with E-state index in [1.807, 2.05) is 6.20 Å². The summed E-state index contributed by atoms with van der Waals surface area (Å²) in [7, 11) is 0. The Morgan fingerprint density at radius 1 is 1.26 bits per heavy atom. The Kier molecular flexibility index (Phi) is 3.51. The number of imidazole rings is 1. The van der Waals surface area contributed by atoms with Crippen molar-refractivity contribution in [2.75, 3.05) is 12.3 Å². The highest BCUT2D eigenvalue weighted by atomic mass is 15.2. The molecule has 0 aliphatic carbocycles. The zero-order valence-corrected chi connectivity index (χ0v) is 11.0. The molecule has 1 atom stereocenters. The van der Waals surface area contributed by atoms with Crippen LogP contribution >= 0.6 is 0 Å². The average molecular weight is 256 g/mol. The van der Waals surface area contributed by atoms with Crippen LogP contribution < -0.4 is 5.73 Å². The van der Waals surface area contributed by atoms with Gasteiger partial charge in [0, 0.05) is 6.54 Å². The number of nitrogens with one attached hydrogen (secondary N) is 1. The number of likely N-dealkylation sites (tertiary alicyclic amines) is 1. The van der Waals surface area contributed by atoms with Crippen molar-refractivity contribution < 1.29 is 0 Å². The SMILES string of the molecule is Nc1ncc(C2CCCCN2Cc2ccccc2)[nH]1. The number of piperidine rings is 1. The molecule has 1 unspecified atom stereocenters. The van der Waals surface area contributed by atoms with E-state index in [-0.39, 0.29) is 0 Å². The van der Waals surface area contributed by atoms with Crippen LogP contribution in [-0.4, -0.2) is 21.4 Å². The molecule has 1 aliphatic heterocycles. The van der Waals surface area contributed by atoms with E-state index in [1.165, 1.54) is 24.8 Å². The maximum Gasteiger partial charge on any atom is 0.197 e. The fraction of sp³-hybridized carbons (Fsp3) is 0.400. The van der Waals surface area contributed by atoms with Crippen molar-refractivity contribution in [3.8, 4) is 0 Å². The van der Waals surface area contributed by atoms with Gasteiger partial charge in [-0.25, -0.2) is 4.98 Å². The first-order chi connectivity index (χ1) is 9.33. The van der Waals surface area contributed by atoms with Crippen molar-refractivity contribution >= 4 is 5.95 Å². The molecule has 0 radical (unpaired) electrons. The second-order valence-corrected chi connectivity index (χ2v) is 5.19. The van der Waals surface area contributed by atoms with Gasteiger partial charge in [-0.15, -0.1) is 0 Å². The van der Waals surface area contributed by atoms with E-state index in [0.717, 1.165) is 18.8 Å². The Morgan fingerprint density at radius 2 is 2.11 bits per heavy atom. The van der Waals surface area contributed by atoms with Crippen molar-refractivity contribution in [1.82, 2.24) is 14.9 Å². The molecule has 1 aromatic carbocycles. The highest BCUT2D eigenvalue weighted by Crippen LogP contribution is 2.31. The summed E-state index contributed by atoms with van der Waals surface area (Å²) < 4.78 is 0. The van der Waals surface area contributed by atoms with Crippen LogP contribution in [0.2, 0.25) is 0 Å². The standard InChI is InChI=1S/C15H20N4/c16-15-17-10-13(18-15)14-8-4-5-9-19(14)11-12-6-2-1-3-7-12/h1-3,6-7,10,14H,4-5,8-9,11H2,(H3,16,17,18). The predicted molar refractivity (Wildman–Crippen MR) is 76.4 cm³/mol. The molecular formula is C15H20N4. The number of nitrogen functional groups attached to an aromatic ring is 1. The van der Waals surface area contributed by atoms with Gasteiger partial charge in [0.05, 0.1) is 17.9 Å². The topological polar surface area (TPSA) is 57.9 Å². The third-order valence-corrected chi connectivity index (χ3v) is 3.82. The predicted octanol–water partition coefficient (Wildman–Crippen LogP) is 2.72. The Morgan fingerprint density at radius 3 is 2.84 bits per heavy atom. The normalized spacial score (nSPS) is 20.5. The van der Waals surface area contributed by atoms with Crippen molar-refractivity contribution in [3.63, 3.8) is 0 Å². The molecule has 0 amide bonds. The molecule has 1 saturated heterocycles. The number of rotatable bonds is 3. The summed E-state index contributed by atoms with van der Waals surface area (Å²) in [5.74, 6) is 0.514. The Hall–Kier alpha value is -1.81. The fourth-order valence-electron chi connectivity index (χ4n) is 2.87. The second kappa shape index (κ2) is 5.45. The smallest absolute Gasteiger partial charge is 0.197 e. The van der Waals surface area contributed by atoms with E-state index < -0.39 is 0 Å². The van der Waals surface area contributed by atoms with Crippen LogP contribution in [0, 0.1) is 0 Å². The van der Waals surface area contributed by atoms with Crippen molar-refractivity contribution in [2.45, 2.75) is 31.8 Å². The van der Waals surface area contributed by atoms with E-state index in [9.17, 15) is 0 Å². The monoisotopic (exact) mass is 256 g/mol. The number of H-pyrrole nitrogens is 1. The first kappa shape index (κ1) is 12.2. The molecule has 4 heteroatoms. The molecule has 1 aliphatic rings. The number of hydrogen-bond donors (Lipinski definition) is 2. The molecule has 2 heterocycles. The second-order valence-electron chi connectivity index (χ2n) is 5.19. The van der Waals surface area contributed by atoms with E-state index in [2.05, 4.69) is 45.2 Å². The molecule has 0 saturated carbocycles. The van der Waals surface area contributed by atoms with Crippen LogP contribution in [0.15, 0.2) is 36.5 Å². The van der Waals surface area contributed by atoms with Crippen LogP contribution in [0.3, 0.4) is 0 Å². The largest absolute Gasteiger partial charge is 0.369 e. The number of nitrogens with zero attached hydrogens (tertiary/aromatic N) is 2. The Labute approximate surface area is 113 Å². The van der Waals surface area contributed by atoms with Crippen LogP contribution in [-0.2, 0) is 6.54 Å². The molecule has 3 N–H and O–H groups in total. The van der Waals surface area contributed by atoms with Gasteiger partial charge in [-0.3, -0.25) is 4.90 Å². The minimum Gasteiger partial charge on any atom is -0.369 e. The third-order valence-electron chi connectivity index (χ3n) is 3.82. The molecule has 4 nitrogen and oxygen atoms in total. The summed E-state index contributed by atoms with van der Waals surface area (Å²) in [6.07, 6.45) is 5.60. The van der Waals surface area contributed by atoms with Gasteiger partial charge < -0.3 is 10.7 Å². The summed E-state index contributed by atoms with van der Waals surface area (Å²) in [6, 6.07) is 11.1. The van der Waals surface area contributed by atoms with Crippen molar-refractivity contribution in [2.24, 2.45) is 0 Å². The first-order valence-electron chi connectivity index (χ1n) is 6.91. The lowest BCUT2D eigenvalue weighted by Gasteiger charge is -2.35. The molecule has 1 aromatic heterocycles. The van der Waals surface area contributed by atoms with Gasteiger partial charge in [0.1, 0.15) is 0 Å². The molecule has 0 bridgehead atoms. The zero-order valence-electron chi connectivity index (χ0n) is 11.0. The Balaban J connectivity index is 1.77. The van der Waals surface area contributed by atoms with Gasteiger partial charge in [0.25, 0.3) is 0 Å². The van der Waals surface area contributed by atoms with Crippen LogP contribution in [0.25, 0.3) is 0 Å². The molecular weight excluding hydrogens is 236 g/mol. The molecule has 3 rings (SSSR count). The minimum atomic E-state index is 0.416. The average Bonchev–Trinajstić information content (AvgIpc) is 2.87. The third kappa shape index (κ3) is 2.79.